The number of nitrogens with one attached hydrogen (secondary N) is 2. The van der Waals surface area contributed by atoms with Gasteiger partial charge in [0.2, 0.25) is 0 Å². The maximum atomic E-state index is 12.9. The molecule has 0 radical (unpaired) electrons. The van der Waals surface area contributed by atoms with Crippen molar-refractivity contribution in [2.75, 3.05) is 0 Å². The molecule has 2 heterocycles. The number of benzene rings is 2. The van der Waals surface area contributed by atoms with Crippen LogP contribution in [0.15, 0.2) is 89.8 Å². The molecule has 0 aliphatic heterocycles. The van der Waals surface area contributed by atoms with E-state index < -0.39 is 31.6 Å². The maximum absolute atomic E-state index is 12.9. The number of pyridine rings is 2. The van der Waals surface area contributed by atoms with Crippen molar-refractivity contribution < 1.29 is 45.2 Å². The summed E-state index contributed by atoms with van der Waals surface area (Å²) in [5.74, 6) is -0.736. The molecule has 4 rings (SSSR count). The summed E-state index contributed by atoms with van der Waals surface area (Å²) in [6, 6.07) is 14.3. The Kier molecular flexibility index (Phi) is 15.2. The average molecular weight is 721 g/mol. The molecule has 0 spiro atoms. The number of hydrogen-bond acceptors (Lipinski definition) is 6. The molecule has 0 aliphatic carbocycles. The van der Waals surface area contributed by atoms with Gasteiger partial charge < -0.3 is 20.7 Å². The van der Waals surface area contributed by atoms with Crippen LogP contribution in [0.4, 0.5) is 35.1 Å². The van der Waals surface area contributed by atoms with Gasteiger partial charge in [-0.2, -0.15) is 26.3 Å². The standard InChI is InChI=1S/C15H14F4N2.C9H10BrF3N2.C6H6BFO2/c1-10(15(17,18)19)21-9-11-6-7-20-14(8-11)12-2-4-13(16)5-3-12;1-6(9(11,12)13)15-5-7-2-3-14-8(10)4-7;8-6-3-1-5(2-4-6)7(9)10/h2-8,10,21H,9H2,1H3;2-4,6,15H,5H2,1H3;1-4,9-10H. The van der Waals surface area contributed by atoms with Crippen LogP contribution in [0.3, 0.4) is 0 Å². The Morgan fingerprint density at radius 1 is 0.696 bits per heavy atom. The zero-order valence-corrected chi connectivity index (χ0v) is 26.0. The molecule has 46 heavy (non-hydrogen) atoms. The van der Waals surface area contributed by atoms with E-state index in [-0.39, 0.29) is 24.7 Å². The minimum Gasteiger partial charge on any atom is -0.423 e. The van der Waals surface area contributed by atoms with E-state index in [1.165, 1.54) is 42.6 Å². The highest BCUT2D eigenvalue weighted by Gasteiger charge is 2.36. The van der Waals surface area contributed by atoms with Crippen LogP contribution in [0.1, 0.15) is 25.0 Å². The van der Waals surface area contributed by atoms with Crippen LogP contribution in [0, 0.1) is 11.6 Å². The zero-order chi connectivity index (χ0) is 34.5. The van der Waals surface area contributed by atoms with Gasteiger partial charge in [-0.05, 0) is 107 Å². The lowest BCUT2D eigenvalue weighted by Gasteiger charge is -2.17. The lowest BCUT2D eigenvalue weighted by Crippen LogP contribution is -2.39. The van der Waals surface area contributed by atoms with E-state index in [0.29, 0.717) is 26.9 Å². The molecular weight excluding hydrogens is 691 g/mol. The molecular formula is C30H30BBrF8N4O2. The minimum absolute atomic E-state index is 0.0807. The maximum Gasteiger partial charge on any atom is 0.488 e. The average Bonchev–Trinajstić information content (AvgIpc) is 2.99. The van der Waals surface area contributed by atoms with Crippen LogP contribution < -0.4 is 16.1 Å². The van der Waals surface area contributed by atoms with Gasteiger partial charge in [0.05, 0.1) is 5.69 Å². The van der Waals surface area contributed by atoms with E-state index in [0.717, 1.165) is 19.4 Å². The number of nitrogens with zero attached hydrogens (tertiary/aromatic N) is 2. The van der Waals surface area contributed by atoms with Crippen molar-refractivity contribution >= 4 is 28.5 Å². The highest BCUT2D eigenvalue weighted by Crippen LogP contribution is 2.22. The van der Waals surface area contributed by atoms with E-state index >= 15 is 0 Å². The number of aromatic nitrogens is 2. The van der Waals surface area contributed by atoms with Gasteiger partial charge in [-0.25, -0.2) is 13.8 Å². The Morgan fingerprint density at radius 2 is 1.13 bits per heavy atom. The van der Waals surface area contributed by atoms with E-state index in [1.54, 1.807) is 42.6 Å². The van der Waals surface area contributed by atoms with Crippen molar-refractivity contribution in [2.24, 2.45) is 0 Å². The number of alkyl halides is 6. The molecule has 0 bridgehead atoms. The van der Waals surface area contributed by atoms with Crippen molar-refractivity contribution in [2.45, 2.75) is 51.4 Å². The van der Waals surface area contributed by atoms with Crippen LogP contribution >= 0.6 is 15.9 Å². The fourth-order valence-corrected chi connectivity index (χ4v) is 3.74. The summed E-state index contributed by atoms with van der Waals surface area (Å²) >= 11 is 3.15. The Hall–Kier alpha value is -3.44. The summed E-state index contributed by atoms with van der Waals surface area (Å²) in [4.78, 5) is 8.03. The van der Waals surface area contributed by atoms with Crippen LogP contribution in [0.5, 0.6) is 0 Å². The van der Waals surface area contributed by atoms with Gasteiger partial charge in [0.25, 0.3) is 0 Å². The fraction of sp³-hybridized carbons (Fsp3) is 0.267. The molecule has 2 aromatic heterocycles. The molecule has 0 saturated carbocycles. The molecule has 4 N–H and O–H groups in total. The second-order valence-corrected chi connectivity index (χ2v) is 10.6. The molecule has 2 unspecified atom stereocenters. The molecule has 0 saturated heterocycles. The Bertz CT molecular complexity index is 1480. The van der Waals surface area contributed by atoms with Gasteiger partial charge in [-0.15, -0.1) is 0 Å². The van der Waals surface area contributed by atoms with Crippen molar-refractivity contribution in [3.05, 3.63) is 113 Å². The predicted octanol–water partition coefficient (Wildman–Crippen LogP) is 6.32. The summed E-state index contributed by atoms with van der Waals surface area (Å²) in [6.07, 6.45) is -5.41. The summed E-state index contributed by atoms with van der Waals surface area (Å²) in [5.41, 5.74) is 3.03. The molecule has 4 aromatic rings. The van der Waals surface area contributed by atoms with E-state index in [9.17, 15) is 35.1 Å². The summed E-state index contributed by atoms with van der Waals surface area (Å²) in [7, 11) is -1.51. The molecule has 0 aliphatic rings. The molecule has 2 aromatic carbocycles. The first-order valence-corrected chi connectivity index (χ1v) is 14.3. The topological polar surface area (TPSA) is 90.3 Å². The van der Waals surface area contributed by atoms with Gasteiger partial charge >= 0.3 is 19.5 Å². The minimum atomic E-state index is -4.27. The molecule has 0 amide bonds. The van der Waals surface area contributed by atoms with Gasteiger partial charge in [0.15, 0.2) is 0 Å². The highest BCUT2D eigenvalue weighted by atomic mass is 79.9. The monoisotopic (exact) mass is 720 g/mol. The van der Waals surface area contributed by atoms with Gasteiger partial charge in [-0.1, -0.05) is 12.1 Å². The number of halogens is 9. The summed E-state index contributed by atoms with van der Waals surface area (Å²) < 4.78 is 99.4. The van der Waals surface area contributed by atoms with Crippen molar-refractivity contribution in [1.82, 2.24) is 20.6 Å². The van der Waals surface area contributed by atoms with Crippen LogP contribution in [-0.4, -0.2) is 51.6 Å². The molecule has 6 nitrogen and oxygen atoms in total. The molecule has 0 fully saturated rings. The van der Waals surface area contributed by atoms with E-state index in [2.05, 4.69) is 36.5 Å². The Labute approximate surface area is 269 Å². The van der Waals surface area contributed by atoms with E-state index in [4.69, 9.17) is 10.0 Å². The third-order valence-electron chi connectivity index (χ3n) is 6.13. The van der Waals surface area contributed by atoms with Crippen LogP contribution in [0.25, 0.3) is 11.3 Å². The Balaban J connectivity index is 0.000000257. The SMILES string of the molecule is CC(NCc1ccnc(-c2ccc(F)cc2)c1)C(F)(F)F.CC(NCc1ccnc(Br)c1)C(F)(F)F.OB(O)c1ccc(F)cc1. The fourth-order valence-electron chi connectivity index (χ4n) is 3.32. The predicted molar refractivity (Wildman–Crippen MR) is 163 cm³/mol. The zero-order valence-electron chi connectivity index (χ0n) is 24.4. The molecule has 16 heteroatoms. The van der Waals surface area contributed by atoms with E-state index in [1.807, 2.05) is 0 Å². The third kappa shape index (κ3) is 14.3. The third-order valence-corrected chi connectivity index (χ3v) is 6.56. The first kappa shape index (κ1) is 38.7. The van der Waals surface area contributed by atoms with Crippen molar-refractivity contribution in [1.29, 1.82) is 0 Å². The smallest absolute Gasteiger partial charge is 0.423 e. The normalized spacial score (nSPS) is 12.6. The summed E-state index contributed by atoms with van der Waals surface area (Å²) in [6.45, 7) is 2.41. The van der Waals surface area contributed by atoms with Crippen LogP contribution in [-0.2, 0) is 13.1 Å². The van der Waals surface area contributed by atoms with Crippen molar-refractivity contribution in [3.8, 4) is 11.3 Å². The first-order chi connectivity index (χ1) is 21.5. The second-order valence-electron chi connectivity index (χ2n) is 9.76. The first-order valence-electron chi connectivity index (χ1n) is 13.5. The van der Waals surface area contributed by atoms with Gasteiger partial charge in [-0.3, -0.25) is 4.98 Å². The lowest BCUT2D eigenvalue weighted by molar-refractivity contribution is -0.152. The molecule has 2 atom stereocenters. The molecule has 248 valence electrons. The number of rotatable bonds is 8. The second kappa shape index (κ2) is 18.0. The van der Waals surface area contributed by atoms with Gasteiger partial charge in [0.1, 0.15) is 28.3 Å². The lowest BCUT2D eigenvalue weighted by atomic mass is 9.80. The van der Waals surface area contributed by atoms with Crippen molar-refractivity contribution in [3.63, 3.8) is 0 Å². The summed E-state index contributed by atoms with van der Waals surface area (Å²) in [5, 5.41) is 21.9. The Morgan fingerprint density at radius 3 is 1.57 bits per heavy atom. The largest absolute Gasteiger partial charge is 0.488 e. The van der Waals surface area contributed by atoms with Gasteiger partial charge in [0, 0.05) is 31.0 Å². The number of hydrogen-bond donors (Lipinski definition) is 4. The quantitative estimate of drug-likeness (QED) is 0.0969. The highest BCUT2D eigenvalue weighted by molar-refractivity contribution is 9.10. The van der Waals surface area contributed by atoms with Crippen LogP contribution in [0.2, 0.25) is 0 Å².